The third kappa shape index (κ3) is 7.09. The molecule has 1 aliphatic heterocycles. The summed E-state index contributed by atoms with van der Waals surface area (Å²) in [6.07, 6.45) is -1.18. The van der Waals surface area contributed by atoms with Gasteiger partial charge in [-0.25, -0.2) is 22.7 Å². The Kier molecular flexibility index (Phi) is 8.34. The lowest BCUT2D eigenvalue weighted by Crippen LogP contribution is -2.39. The van der Waals surface area contributed by atoms with E-state index >= 15 is 0 Å². The van der Waals surface area contributed by atoms with Crippen molar-refractivity contribution < 1.29 is 40.6 Å². The number of hydrogen-bond donors (Lipinski definition) is 1. The van der Waals surface area contributed by atoms with Crippen LogP contribution in [0, 0.1) is 0 Å². The lowest BCUT2D eigenvalue weighted by atomic mass is 10.1. The van der Waals surface area contributed by atoms with Gasteiger partial charge in [-0.3, -0.25) is 4.79 Å². The average molecular weight is 582 g/mol. The molecule has 15 heteroatoms. The first kappa shape index (κ1) is 28.9. The molecule has 214 valence electrons. The zero-order chi connectivity index (χ0) is 29.1. The predicted molar refractivity (Wildman–Crippen MR) is 137 cm³/mol. The Balaban J connectivity index is 1.52. The molecule has 40 heavy (non-hydrogen) atoms. The molecule has 0 unspecified atom stereocenters. The summed E-state index contributed by atoms with van der Waals surface area (Å²) >= 11 is 0. The van der Waals surface area contributed by atoms with Crippen LogP contribution in [0.1, 0.15) is 23.3 Å². The lowest BCUT2D eigenvalue weighted by Gasteiger charge is -2.33. The maximum Gasteiger partial charge on any atom is 0.573 e. The van der Waals surface area contributed by atoms with Gasteiger partial charge in [0, 0.05) is 52.3 Å². The van der Waals surface area contributed by atoms with Gasteiger partial charge in [0.25, 0.3) is 5.91 Å². The lowest BCUT2D eigenvalue weighted by molar-refractivity contribution is -0.274. The zero-order valence-electron chi connectivity index (χ0n) is 21.5. The number of halogens is 3. The number of ether oxygens (including phenoxy) is 3. The number of alkyl halides is 3. The van der Waals surface area contributed by atoms with Crippen LogP contribution >= 0.6 is 0 Å². The van der Waals surface area contributed by atoms with Gasteiger partial charge in [-0.1, -0.05) is 0 Å². The van der Waals surface area contributed by atoms with Crippen LogP contribution in [0.3, 0.4) is 0 Å². The van der Waals surface area contributed by atoms with E-state index < -0.39 is 28.0 Å². The molecule has 3 heterocycles. The number of benzene rings is 1. The number of amides is 1. The fourth-order valence-electron chi connectivity index (χ4n) is 3.89. The molecule has 1 saturated heterocycles. The van der Waals surface area contributed by atoms with Crippen molar-refractivity contribution in [2.45, 2.75) is 30.2 Å². The van der Waals surface area contributed by atoms with Crippen LogP contribution in [0.15, 0.2) is 59.8 Å². The first-order valence-electron chi connectivity index (χ1n) is 12.0. The molecular formula is C25H26F3N5O6S. The topological polar surface area (TPSA) is 137 Å². The minimum atomic E-state index is -4.84. The molecule has 3 aromatic rings. The van der Waals surface area contributed by atoms with Gasteiger partial charge in [-0.15, -0.1) is 13.2 Å². The molecule has 0 bridgehead atoms. The quantitative estimate of drug-likeness (QED) is 0.402. The fourth-order valence-corrected chi connectivity index (χ4v) is 4.76. The highest BCUT2D eigenvalue weighted by molar-refractivity contribution is 7.89. The molecule has 0 saturated carbocycles. The second-order valence-electron chi connectivity index (χ2n) is 8.95. The van der Waals surface area contributed by atoms with Gasteiger partial charge in [0.05, 0.1) is 6.20 Å². The van der Waals surface area contributed by atoms with E-state index in [4.69, 9.17) is 15.2 Å². The molecule has 1 aromatic carbocycles. The largest absolute Gasteiger partial charge is 0.573 e. The molecule has 2 N–H and O–H groups in total. The Morgan fingerprint density at radius 2 is 1.62 bits per heavy atom. The number of pyridine rings is 2. The monoisotopic (exact) mass is 581 g/mol. The zero-order valence-corrected chi connectivity index (χ0v) is 22.3. The molecule has 0 radical (unpaired) electrons. The van der Waals surface area contributed by atoms with E-state index in [2.05, 4.69) is 14.7 Å². The van der Waals surface area contributed by atoms with E-state index in [0.717, 1.165) is 16.4 Å². The Morgan fingerprint density at radius 1 is 1.00 bits per heavy atom. The SMILES string of the molecule is CN(C)S(=O)(=O)c1cnc(N2CCC(Oc3ccc(C(N)=O)nc3)CC2)c(Oc2ccc(OC(F)(F)F)cc2)c1. The van der Waals surface area contributed by atoms with Crippen molar-refractivity contribution in [2.75, 3.05) is 32.1 Å². The number of primary amides is 1. The number of nitrogens with two attached hydrogens (primary N) is 1. The Labute approximate surface area is 228 Å². The van der Waals surface area contributed by atoms with Crippen LogP contribution < -0.4 is 24.8 Å². The van der Waals surface area contributed by atoms with Gasteiger partial charge in [-0.05, 0) is 36.4 Å². The summed E-state index contributed by atoms with van der Waals surface area (Å²) in [6, 6.07) is 9.14. The number of carbonyl (C=O) groups excluding carboxylic acids is 1. The summed E-state index contributed by atoms with van der Waals surface area (Å²) in [5.74, 6) is 0.0465. The molecule has 1 amide bonds. The van der Waals surface area contributed by atoms with E-state index in [1.54, 1.807) is 6.07 Å². The molecule has 0 spiro atoms. The van der Waals surface area contributed by atoms with Gasteiger partial charge in [0.15, 0.2) is 11.6 Å². The number of carbonyl (C=O) groups is 1. The minimum absolute atomic E-state index is 0.109. The van der Waals surface area contributed by atoms with Crippen molar-refractivity contribution in [3.63, 3.8) is 0 Å². The van der Waals surface area contributed by atoms with E-state index in [-0.39, 0.29) is 28.2 Å². The van der Waals surface area contributed by atoms with Crippen LogP contribution in [0.2, 0.25) is 0 Å². The number of nitrogens with zero attached hydrogens (tertiary/aromatic N) is 4. The summed E-state index contributed by atoms with van der Waals surface area (Å²) < 4.78 is 79.8. The minimum Gasteiger partial charge on any atom is -0.489 e. The Bertz CT molecular complexity index is 1440. The first-order valence-corrected chi connectivity index (χ1v) is 13.4. The van der Waals surface area contributed by atoms with Crippen molar-refractivity contribution in [3.05, 3.63) is 60.6 Å². The van der Waals surface area contributed by atoms with Crippen molar-refractivity contribution in [1.82, 2.24) is 14.3 Å². The number of sulfonamides is 1. The molecule has 0 atom stereocenters. The molecule has 2 aromatic heterocycles. The second-order valence-corrected chi connectivity index (χ2v) is 11.1. The summed E-state index contributed by atoms with van der Waals surface area (Å²) in [6.45, 7) is 0.970. The molecule has 11 nitrogen and oxygen atoms in total. The maximum atomic E-state index is 12.7. The van der Waals surface area contributed by atoms with Gasteiger partial charge < -0.3 is 24.8 Å². The number of piperidine rings is 1. The van der Waals surface area contributed by atoms with Crippen LogP contribution in [-0.2, 0) is 10.0 Å². The first-order chi connectivity index (χ1) is 18.8. The number of hydrogen-bond acceptors (Lipinski definition) is 9. The highest BCUT2D eigenvalue weighted by atomic mass is 32.2. The summed E-state index contributed by atoms with van der Waals surface area (Å²) in [7, 11) is -1.09. The summed E-state index contributed by atoms with van der Waals surface area (Å²) in [4.78, 5) is 21.3. The highest BCUT2D eigenvalue weighted by Gasteiger charge is 2.31. The normalized spacial score (nSPS) is 14.7. The van der Waals surface area contributed by atoms with Crippen molar-refractivity contribution in [1.29, 1.82) is 0 Å². The Morgan fingerprint density at radius 3 is 2.17 bits per heavy atom. The third-order valence-corrected chi connectivity index (χ3v) is 7.68. The molecule has 1 fully saturated rings. The van der Waals surface area contributed by atoms with Gasteiger partial charge in [0.1, 0.15) is 33.9 Å². The van der Waals surface area contributed by atoms with Crippen molar-refractivity contribution in [3.8, 4) is 23.0 Å². The third-order valence-electron chi connectivity index (χ3n) is 5.90. The number of aromatic nitrogens is 2. The van der Waals surface area contributed by atoms with Crippen LogP contribution in [0.4, 0.5) is 19.0 Å². The number of rotatable bonds is 9. The molecule has 1 aliphatic rings. The number of anilines is 1. The standard InChI is InChI=1S/C25H26F3N5O6S/c1-32(2)40(35,36)20-13-22(38-16-3-5-18(6-4-16)39-25(26,27)28)24(31-15-20)33-11-9-17(10-12-33)37-19-7-8-21(23(29)34)30-14-19/h3-8,13-15,17H,9-12H2,1-2H3,(H2,29,34). The maximum absolute atomic E-state index is 12.7. The smallest absolute Gasteiger partial charge is 0.489 e. The second kappa shape index (κ2) is 11.6. The van der Waals surface area contributed by atoms with Gasteiger partial charge in [-0.2, -0.15) is 0 Å². The van der Waals surface area contributed by atoms with Crippen molar-refractivity contribution in [2.24, 2.45) is 5.73 Å². The Hall–Kier alpha value is -4.11. The van der Waals surface area contributed by atoms with E-state index in [9.17, 15) is 26.4 Å². The van der Waals surface area contributed by atoms with Crippen molar-refractivity contribution >= 4 is 21.7 Å². The molecule has 0 aliphatic carbocycles. The van der Waals surface area contributed by atoms with Gasteiger partial charge in [0.2, 0.25) is 10.0 Å². The van der Waals surface area contributed by atoms with Crippen LogP contribution in [-0.4, -0.2) is 68.2 Å². The molecule has 4 rings (SSSR count). The van der Waals surface area contributed by atoms with E-state index in [1.165, 1.54) is 50.8 Å². The van der Waals surface area contributed by atoms with Crippen LogP contribution in [0.25, 0.3) is 0 Å². The predicted octanol–water partition coefficient (Wildman–Crippen LogP) is 3.56. The average Bonchev–Trinajstić information content (AvgIpc) is 2.90. The summed E-state index contributed by atoms with van der Waals surface area (Å²) in [5.41, 5.74) is 5.34. The summed E-state index contributed by atoms with van der Waals surface area (Å²) in [5, 5.41) is 0. The fraction of sp³-hybridized carbons (Fsp3) is 0.320. The van der Waals surface area contributed by atoms with Crippen LogP contribution in [0.5, 0.6) is 23.0 Å². The van der Waals surface area contributed by atoms with Gasteiger partial charge >= 0.3 is 6.36 Å². The van der Waals surface area contributed by atoms with E-state index in [1.807, 2.05) is 4.90 Å². The highest BCUT2D eigenvalue weighted by Crippen LogP contribution is 2.36. The molecular weight excluding hydrogens is 555 g/mol. The van der Waals surface area contributed by atoms with E-state index in [0.29, 0.717) is 37.5 Å².